The van der Waals surface area contributed by atoms with Gasteiger partial charge in [0.1, 0.15) is 6.07 Å². The van der Waals surface area contributed by atoms with Crippen LogP contribution < -0.4 is 10.6 Å². The van der Waals surface area contributed by atoms with Crippen LogP contribution in [0.2, 0.25) is 0 Å². The average molecular weight is 308 g/mol. The Morgan fingerprint density at radius 1 is 1.22 bits per heavy atom. The summed E-state index contributed by atoms with van der Waals surface area (Å²) in [6.07, 6.45) is 4.71. The molecule has 1 aromatic carbocycles. The molecule has 0 aliphatic heterocycles. The van der Waals surface area contributed by atoms with Crippen LogP contribution in [-0.4, -0.2) is 19.1 Å². The molecular formula is C14H18BrN3. The van der Waals surface area contributed by atoms with Crippen LogP contribution in [-0.2, 0) is 0 Å². The van der Waals surface area contributed by atoms with Crippen molar-refractivity contribution < 1.29 is 0 Å². The van der Waals surface area contributed by atoms with Gasteiger partial charge in [-0.15, -0.1) is 0 Å². The normalized spacial score (nSPS) is 23.4. The fourth-order valence-electron chi connectivity index (χ4n) is 2.50. The lowest BCUT2D eigenvalue weighted by Gasteiger charge is -2.29. The van der Waals surface area contributed by atoms with Crippen LogP contribution in [0.25, 0.3) is 0 Å². The van der Waals surface area contributed by atoms with Gasteiger partial charge in [0.15, 0.2) is 0 Å². The van der Waals surface area contributed by atoms with Gasteiger partial charge in [0.05, 0.1) is 11.3 Å². The van der Waals surface area contributed by atoms with Crippen LogP contribution in [0.4, 0.5) is 5.69 Å². The van der Waals surface area contributed by atoms with Gasteiger partial charge in [-0.05, 0) is 60.8 Å². The van der Waals surface area contributed by atoms with Crippen LogP contribution in [0.5, 0.6) is 0 Å². The zero-order valence-electron chi connectivity index (χ0n) is 10.5. The number of hydrogen-bond acceptors (Lipinski definition) is 3. The summed E-state index contributed by atoms with van der Waals surface area (Å²) in [4.78, 5) is 0. The van der Waals surface area contributed by atoms with Crippen LogP contribution >= 0.6 is 15.9 Å². The summed E-state index contributed by atoms with van der Waals surface area (Å²) < 4.78 is 0.860. The van der Waals surface area contributed by atoms with Crippen LogP contribution in [0.1, 0.15) is 31.2 Å². The molecule has 1 aliphatic carbocycles. The van der Waals surface area contributed by atoms with Gasteiger partial charge in [-0.25, -0.2) is 0 Å². The fourth-order valence-corrected chi connectivity index (χ4v) is 2.96. The first-order chi connectivity index (χ1) is 8.74. The first-order valence-electron chi connectivity index (χ1n) is 6.37. The largest absolute Gasteiger partial charge is 0.381 e. The minimum absolute atomic E-state index is 0.482. The highest BCUT2D eigenvalue weighted by atomic mass is 79.9. The number of rotatable bonds is 3. The fraction of sp³-hybridized carbons (Fsp3) is 0.500. The van der Waals surface area contributed by atoms with Crippen molar-refractivity contribution in [2.45, 2.75) is 37.8 Å². The maximum atomic E-state index is 9.18. The standard InChI is InChI=1S/C14H18BrN3/c1-17-10-5-7-11(8-6-10)18-14-4-2-3-13(15)12(14)9-16/h2-4,10-11,17-18H,5-8H2,1H3. The number of hydrogen-bond donors (Lipinski definition) is 2. The molecule has 1 fully saturated rings. The number of benzene rings is 1. The molecular weight excluding hydrogens is 290 g/mol. The highest BCUT2D eigenvalue weighted by molar-refractivity contribution is 9.10. The number of anilines is 1. The van der Waals surface area contributed by atoms with Crippen molar-refractivity contribution in [1.82, 2.24) is 5.32 Å². The van der Waals surface area contributed by atoms with E-state index in [1.807, 2.05) is 25.2 Å². The zero-order valence-corrected chi connectivity index (χ0v) is 12.1. The first kappa shape index (κ1) is 13.4. The monoisotopic (exact) mass is 307 g/mol. The third-order valence-electron chi connectivity index (χ3n) is 3.62. The summed E-state index contributed by atoms with van der Waals surface area (Å²) in [5.41, 5.74) is 1.65. The molecule has 0 heterocycles. The van der Waals surface area contributed by atoms with Gasteiger partial charge in [-0.1, -0.05) is 6.07 Å². The quantitative estimate of drug-likeness (QED) is 0.901. The summed E-state index contributed by atoms with van der Waals surface area (Å²) in [7, 11) is 2.03. The molecule has 0 aromatic heterocycles. The lowest BCUT2D eigenvalue weighted by Crippen LogP contribution is -2.35. The minimum atomic E-state index is 0.482. The number of halogens is 1. The molecule has 1 saturated carbocycles. The second-order valence-electron chi connectivity index (χ2n) is 4.76. The molecule has 96 valence electrons. The summed E-state index contributed by atoms with van der Waals surface area (Å²) in [6.45, 7) is 0. The second kappa shape index (κ2) is 6.21. The van der Waals surface area contributed by atoms with Gasteiger partial charge < -0.3 is 10.6 Å². The Labute approximate surface area is 117 Å². The molecule has 4 heteroatoms. The molecule has 2 N–H and O–H groups in total. The highest BCUT2D eigenvalue weighted by Gasteiger charge is 2.20. The van der Waals surface area contributed by atoms with E-state index in [9.17, 15) is 5.26 Å². The maximum Gasteiger partial charge on any atom is 0.103 e. The SMILES string of the molecule is CNC1CCC(Nc2cccc(Br)c2C#N)CC1. The molecule has 0 atom stereocenters. The maximum absolute atomic E-state index is 9.18. The lowest BCUT2D eigenvalue weighted by atomic mass is 9.91. The molecule has 0 bridgehead atoms. The second-order valence-corrected chi connectivity index (χ2v) is 5.61. The van der Waals surface area contributed by atoms with Gasteiger partial charge in [0.2, 0.25) is 0 Å². The van der Waals surface area contributed by atoms with Crippen molar-refractivity contribution in [3.63, 3.8) is 0 Å². The van der Waals surface area contributed by atoms with Gasteiger partial charge in [0, 0.05) is 16.6 Å². The first-order valence-corrected chi connectivity index (χ1v) is 7.16. The van der Waals surface area contributed by atoms with Crippen LogP contribution in [0, 0.1) is 11.3 Å². The van der Waals surface area contributed by atoms with Crippen LogP contribution in [0.15, 0.2) is 22.7 Å². The Morgan fingerprint density at radius 2 is 1.89 bits per heavy atom. The van der Waals surface area contributed by atoms with E-state index in [2.05, 4.69) is 32.6 Å². The molecule has 0 amide bonds. The number of nitrogens with one attached hydrogen (secondary N) is 2. The molecule has 1 aliphatic rings. The predicted octanol–water partition coefficient (Wildman–Crippen LogP) is 3.26. The van der Waals surface area contributed by atoms with E-state index < -0.39 is 0 Å². The Kier molecular flexibility index (Phi) is 4.62. The van der Waals surface area contributed by atoms with Crippen molar-refractivity contribution in [1.29, 1.82) is 5.26 Å². The van der Waals surface area contributed by atoms with Gasteiger partial charge in [-0.3, -0.25) is 0 Å². The molecule has 0 spiro atoms. The van der Waals surface area contributed by atoms with Crippen molar-refractivity contribution in [2.75, 3.05) is 12.4 Å². The van der Waals surface area contributed by atoms with Gasteiger partial charge in [-0.2, -0.15) is 5.26 Å². The lowest BCUT2D eigenvalue weighted by molar-refractivity contribution is 0.371. The van der Waals surface area contributed by atoms with E-state index in [0.717, 1.165) is 23.0 Å². The van der Waals surface area contributed by atoms with E-state index in [0.29, 0.717) is 17.6 Å². The smallest absolute Gasteiger partial charge is 0.103 e. The molecule has 0 radical (unpaired) electrons. The third kappa shape index (κ3) is 3.04. The van der Waals surface area contributed by atoms with Crippen molar-refractivity contribution in [2.24, 2.45) is 0 Å². The number of nitrogens with zero attached hydrogens (tertiary/aromatic N) is 1. The third-order valence-corrected chi connectivity index (χ3v) is 4.28. The Bertz CT molecular complexity index is 445. The molecule has 0 unspecified atom stereocenters. The van der Waals surface area contributed by atoms with E-state index in [-0.39, 0.29) is 0 Å². The molecule has 2 rings (SSSR count). The summed E-state index contributed by atoms with van der Waals surface area (Å²) in [6, 6.07) is 9.24. The summed E-state index contributed by atoms with van der Waals surface area (Å²) >= 11 is 3.42. The molecule has 0 saturated heterocycles. The summed E-state index contributed by atoms with van der Waals surface area (Å²) in [5, 5.41) is 16.0. The molecule has 1 aromatic rings. The van der Waals surface area contributed by atoms with Crippen molar-refractivity contribution in [3.8, 4) is 6.07 Å². The van der Waals surface area contributed by atoms with Gasteiger partial charge in [0.25, 0.3) is 0 Å². The predicted molar refractivity (Wildman–Crippen MR) is 77.6 cm³/mol. The number of nitriles is 1. The average Bonchev–Trinajstić information content (AvgIpc) is 2.40. The van der Waals surface area contributed by atoms with E-state index >= 15 is 0 Å². The van der Waals surface area contributed by atoms with Gasteiger partial charge >= 0.3 is 0 Å². The minimum Gasteiger partial charge on any atom is -0.381 e. The van der Waals surface area contributed by atoms with Crippen molar-refractivity contribution >= 4 is 21.6 Å². The summed E-state index contributed by atoms with van der Waals surface area (Å²) in [5.74, 6) is 0. The molecule has 18 heavy (non-hydrogen) atoms. The molecule has 3 nitrogen and oxygen atoms in total. The van der Waals surface area contributed by atoms with Crippen LogP contribution in [0.3, 0.4) is 0 Å². The van der Waals surface area contributed by atoms with E-state index in [1.165, 1.54) is 12.8 Å². The zero-order chi connectivity index (χ0) is 13.0. The Morgan fingerprint density at radius 3 is 2.50 bits per heavy atom. The van der Waals surface area contributed by atoms with E-state index in [1.54, 1.807) is 0 Å². The Balaban J connectivity index is 2.03. The Hall–Kier alpha value is -1.05. The topological polar surface area (TPSA) is 47.8 Å². The van der Waals surface area contributed by atoms with Crippen molar-refractivity contribution in [3.05, 3.63) is 28.2 Å². The van der Waals surface area contributed by atoms with E-state index in [4.69, 9.17) is 0 Å². The highest BCUT2D eigenvalue weighted by Crippen LogP contribution is 2.27.